The van der Waals surface area contributed by atoms with E-state index in [0.29, 0.717) is 23.4 Å². The van der Waals surface area contributed by atoms with Crippen molar-refractivity contribution in [3.8, 4) is 0 Å². The first-order valence-electron chi connectivity index (χ1n) is 12.8. The third-order valence-corrected chi connectivity index (χ3v) is 6.80. The molecule has 0 aliphatic carbocycles. The molecule has 4 aromatic carbocycles. The van der Waals surface area contributed by atoms with Gasteiger partial charge >= 0.3 is 6.09 Å². The highest BCUT2D eigenvalue weighted by Crippen LogP contribution is 2.35. The number of cyclic esters (lactones) is 1. The standard InChI is InChI=1S/C32H29N3O4/c1-22-10-8-9-15-26(22)21-35-28(31(37)33-20-23-11-4-2-5-12-23)29(39-32(35)38)24-16-18-27(19-17-24)34-30(36)25-13-6-3-7-14-25/h2-19,28-29H,20-21H2,1H3,(H,33,37)(H,34,36). The van der Waals surface area contributed by atoms with Gasteiger partial charge < -0.3 is 15.4 Å². The largest absolute Gasteiger partial charge is 0.438 e. The zero-order valence-electron chi connectivity index (χ0n) is 21.5. The molecule has 0 aromatic heterocycles. The molecule has 1 fully saturated rings. The van der Waals surface area contributed by atoms with Gasteiger partial charge in [-0.15, -0.1) is 0 Å². The lowest BCUT2D eigenvalue weighted by Crippen LogP contribution is -2.46. The van der Waals surface area contributed by atoms with Crippen LogP contribution in [0.3, 0.4) is 0 Å². The van der Waals surface area contributed by atoms with Crippen LogP contribution in [0.2, 0.25) is 0 Å². The molecule has 1 aliphatic heterocycles. The molecule has 2 N–H and O–H groups in total. The van der Waals surface area contributed by atoms with E-state index in [1.165, 1.54) is 4.90 Å². The molecule has 2 unspecified atom stereocenters. The fraction of sp³-hybridized carbons (Fsp3) is 0.156. The highest BCUT2D eigenvalue weighted by molar-refractivity contribution is 6.04. The Morgan fingerprint density at radius 2 is 1.46 bits per heavy atom. The van der Waals surface area contributed by atoms with Crippen LogP contribution in [-0.4, -0.2) is 28.8 Å². The van der Waals surface area contributed by atoms with Gasteiger partial charge in [0, 0.05) is 17.8 Å². The smallest absolute Gasteiger partial charge is 0.411 e. The molecular formula is C32H29N3O4. The van der Waals surface area contributed by atoms with E-state index in [1.807, 2.05) is 67.6 Å². The molecule has 7 heteroatoms. The molecule has 1 aliphatic rings. The van der Waals surface area contributed by atoms with Crippen molar-refractivity contribution < 1.29 is 19.1 Å². The second-order valence-corrected chi connectivity index (χ2v) is 9.45. The Balaban J connectivity index is 1.37. The quantitative estimate of drug-likeness (QED) is 0.316. The molecule has 0 bridgehead atoms. The summed E-state index contributed by atoms with van der Waals surface area (Å²) in [5.74, 6) is -0.525. The minimum absolute atomic E-state index is 0.224. The first-order valence-corrected chi connectivity index (χ1v) is 12.8. The van der Waals surface area contributed by atoms with Crippen LogP contribution in [0.5, 0.6) is 0 Å². The van der Waals surface area contributed by atoms with E-state index in [0.717, 1.165) is 16.7 Å². The van der Waals surface area contributed by atoms with Gasteiger partial charge in [-0.3, -0.25) is 14.5 Å². The number of anilines is 1. The number of hydrogen-bond donors (Lipinski definition) is 2. The molecule has 1 heterocycles. The number of ether oxygens (including phenoxy) is 1. The lowest BCUT2D eigenvalue weighted by atomic mass is 9.99. The molecule has 0 radical (unpaired) electrons. The molecule has 5 rings (SSSR count). The van der Waals surface area contributed by atoms with Gasteiger partial charge in [0.15, 0.2) is 12.1 Å². The van der Waals surface area contributed by atoms with E-state index < -0.39 is 18.2 Å². The Morgan fingerprint density at radius 1 is 0.821 bits per heavy atom. The summed E-state index contributed by atoms with van der Waals surface area (Å²) in [6.45, 7) is 2.55. The second kappa shape index (κ2) is 11.6. The van der Waals surface area contributed by atoms with E-state index in [-0.39, 0.29) is 18.4 Å². The Labute approximate surface area is 227 Å². The van der Waals surface area contributed by atoms with Crippen LogP contribution in [-0.2, 0) is 22.6 Å². The van der Waals surface area contributed by atoms with Gasteiger partial charge in [-0.1, -0.05) is 84.9 Å². The van der Waals surface area contributed by atoms with Gasteiger partial charge in [-0.25, -0.2) is 4.79 Å². The Hall–Kier alpha value is -4.91. The highest BCUT2D eigenvalue weighted by atomic mass is 16.6. The minimum atomic E-state index is -0.870. The van der Waals surface area contributed by atoms with Gasteiger partial charge in [-0.2, -0.15) is 0 Å². The van der Waals surface area contributed by atoms with Crippen molar-refractivity contribution in [2.45, 2.75) is 32.2 Å². The van der Waals surface area contributed by atoms with Crippen molar-refractivity contribution in [2.75, 3.05) is 5.32 Å². The molecule has 196 valence electrons. The van der Waals surface area contributed by atoms with Gasteiger partial charge in [-0.05, 0) is 53.4 Å². The fourth-order valence-corrected chi connectivity index (χ4v) is 4.62. The van der Waals surface area contributed by atoms with E-state index in [9.17, 15) is 14.4 Å². The van der Waals surface area contributed by atoms with Crippen LogP contribution in [0, 0.1) is 6.92 Å². The Bertz CT molecular complexity index is 1460. The van der Waals surface area contributed by atoms with Crippen molar-refractivity contribution in [3.63, 3.8) is 0 Å². The lowest BCUT2D eigenvalue weighted by molar-refractivity contribution is -0.126. The molecular weight excluding hydrogens is 490 g/mol. The third kappa shape index (κ3) is 5.99. The topological polar surface area (TPSA) is 87.7 Å². The predicted octanol–water partition coefficient (Wildman–Crippen LogP) is 5.63. The van der Waals surface area contributed by atoms with Crippen LogP contribution in [0.25, 0.3) is 0 Å². The van der Waals surface area contributed by atoms with E-state index in [2.05, 4.69) is 10.6 Å². The van der Waals surface area contributed by atoms with Gasteiger partial charge in [0.05, 0.1) is 6.54 Å². The van der Waals surface area contributed by atoms with Crippen molar-refractivity contribution in [2.24, 2.45) is 0 Å². The number of amides is 3. The summed E-state index contributed by atoms with van der Waals surface area (Å²) in [6, 6.07) is 32.5. The van der Waals surface area contributed by atoms with Crippen LogP contribution >= 0.6 is 0 Å². The first-order chi connectivity index (χ1) is 19.0. The van der Waals surface area contributed by atoms with Crippen molar-refractivity contribution in [1.29, 1.82) is 0 Å². The average molecular weight is 520 g/mol. The summed E-state index contributed by atoms with van der Waals surface area (Å²) in [5, 5.41) is 5.85. The molecule has 39 heavy (non-hydrogen) atoms. The fourth-order valence-electron chi connectivity index (χ4n) is 4.62. The molecule has 7 nitrogen and oxygen atoms in total. The molecule has 0 saturated carbocycles. The summed E-state index contributed by atoms with van der Waals surface area (Å²) < 4.78 is 5.79. The van der Waals surface area contributed by atoms with E-state index >= 15 is 0 Å². The van der Waals surface area contributed by atoms with Gasteiger partial charge in [0.25, 0.3) is 5.91 Å². The maximum Gasteiger partial charge on any atom is 0.411 e. The number of nitrogens with zero attached hydrogens (tertiary/aromatic N) is 1. The first kappa shape index (κ1) is 25.7. The van der Waals surface area contributed by atoms with Crippen LogP contribution in [0.15, 0.2) is 109 Å². The predicted molar refractivity (Wildman–Crippen MR) is 149 cm³/mol. The summed E-state index contributed by atoms with van der Waals surface area (Å²) in [4.78, 5) is 40.7. The van der Waals surface area contributed by atoms with Crippen molar-refractivity contribution >= 4 is 23.6 Å². The number of carbonyl (C=O) groups excluding carboxylic acids is 3. The van der Waals surface area contributed by atoms with E-state index in [1.54, 1.807) is 48.5 Å². The maximum absolute atomic E-state index is 13.6. The Kier molecular flexibility index (Phi) is 7.68. The van der Waals surface area contributed by atoms with E-state index in [4.69, 9.17) is 4.74 Å². The number of carbonyl (C=O) groups is 3. The summed E-state index contributed by atoms with van der Waals surface area (Å²) in [7, 11) is 0. The average Bonchev–Trinajstić information content (AvgIpc) is 3.30. The molecule has 4 aromatic rings. The highest BCUT2D eigenvalue weighted by Gasteiger charge is 2.47. The van der Waals surface area contributed by atoms with Crippen molar-refractivity contribution in [1.82, 2.24) is 10.2 Å². The minimum Gasteiger partial charge on any atom is -0.438 e. The molecule has 2 atom stereocenters. The number of benzene rings is 4. The maximum atomic E-state index is 13.6. The monoisotopic (exact) mass is 519 g/mol. The van der Waals surface area contributed by atoms with Crippen LogP contribution in [0.4, 0.5) is 10.5 Å². The normalized spacial score (nSPS) is 16.4. The Morgan fingerprint density at radius 3 is 2.15 bits per heavy atom. The van der Waals surface area contributed by atoms with Crippen LogP contribution < -0.4 is 10.6 Å². The summed E-state index contributed by atoms with van der Waals surface area (Å²) in [6.07, 6.45) is -1.36. The second-order valence-electron chi connectivity index (χ2n) is 9.45. The number of aryl methyl sites for hydroxylation is 1. The number of hydrogen-bond acceptors (Lipinski definition) is 4. The molecule has 1 saturated heterocycles. The lowest BCUT2D eigenvalue weighted by Gasteiger charge is -2.25. The number of nitrogens with one attached hydrogen (secondary N) is 2. The number of rotatable bonds is 8. The third-order valence-electron chi connectivity index (χ3n) is 6.80. The van der Waals surface area contributed by atoms with Crippen LogP contribution in [0.1, 0.15) is 38.7 Å². The van der Waals surface area contributed by atoms with Crippen molar-refractivity contribution in [3.05, 3.63) is 137 Å². The van der Waals surface area contributed by atoms with Gasteiger partial charge in [0.2, 0.25) is 5.91 Å². The van der Waals surface area contributed by atoms with Gasteiger partial charge in [0.1, 0.15) is 0 Å². The molecule has 0 spiro atoms. The zero-order chi connectivity index (χ0) is 27.2. The summed E-state index contributed by atoms with van der Waals surface area (Å²) >= 11 is 0. The zero-order valence-corrected chi connectivity index (χ0v) is 21.5. The molecule has 3 amide bonds. The SMILES string of the molecule is Cc1ccccc1CN1C(=O)OC(c2ccc(NC(=O)c3ccccc3)cc2)C1C(=O)NCc1ccccc1. The summed E-state index contributed by atoms with van der Waals surface area (Å²) in [5.41, 5.74) is 4.72.